The highest BCUT2D eigenvalue weighted by Gasteiger charge is 2.29. The molecule has 3 aliphatic rings. The number of ether oxygens (including phenoxy) is 1. The number of halogens is 2. The van der Waals surface area contributed by atoms with Gasteiger partial charge in [-0.3, -0.25) is 4.98 Å². The summed E-state index contributed by atoms with van der Waals surface area (Å²) in [5.41, 5.74) is 4.71. The van der Waals surface area contributed by atoms with Gasteiger partial charge in [0.25, 0.3) is 0 Å². The molecule has 35 heavy (non-hydrogen) atoms. The lowest BCUT2D eigenvalue weighted by Gasteiger charge is -2.39. The molecule has 9 heteroatoms. The largest absolute Gasteiger partial charge is 0.467 e. The molecule has 0 saturated carbocycles. The molecule has 1 aromatic carbocycles. The Hall–Kier alpha value is -3.88. The van der Waals surface area contributed by atoms with Gasteiger partial charge in [-0.25, -0.2) is 13.8 Å². The third kappa shape index (κ3) is 3.80. The Kier molecular flexibility index (Phi) is 5.20. The number of pyridine rings is 1. The number of imidazole rings is 1. The van der Waals surface area contributed by atoms with Crippen LogP contribution < -0.4 is 4.74 Å². The molecule has 7 rings (SSSR count). The van der Waals surface area contributed by atoms with Crippen LogP contribution in [0.5, 0.6) is 6.01 Å². The highest BCUT2D eigenvalue weighted by atomic mass is 19.1. The standard InChI is InChI=1S/C26H24F2N6O/c1-15-23-25(32-26(30-15)35-2)34(24(31-23)18-10-19(27)12-29-11-18)13-16-3-4-20(22(28)9-16)21-14-33-7-5-17(21)6-8-33/h3-4,9-12,14,17H,5-8,13H2,1-2H3. The second kappa shape index (κ2) is 8.41. The van der Waals surface area contributed by atoms with E-state index in [4.69, 9.17) is 9.72 Å². The van der Waals surface area contributed by atoms with Crippen molar-refractivity contribution in [1.82, 2.24) is 29.4 Å². The third-order valence-corrected chi connectivity index (χ3v) is 6.87. The smallest absolute Gasteiger partial charge is 0.318 e. The van der Waals surface area contributed by atoms with Crippen molar-refractivity contribution in [2.75, 3.05) is 20.2 Å². The average molecular weight is 475 g/mol. The number of nitrogens with zero attached hydrogens (tertiary/aromatic N) is 6. The Morgan fingerprint density at radius 1 is 1.06 bits per heavy atom. The summed E-state index contributed by atoms with van der Waals surface area (Å²) in [4.78, 5) is 19.8. The minimum atomic E-state index is -0.470. The van der Waals surface area contributed by atoms with Crippen LogP contribution in [0.1, 0.15) is 29.7 Å². The highest BCUT2D eigenvalue weighted by molar-refractivity contribution is 5.79. The average Bonchev–Trinajstić information content (AvgIpc) is 3.23. The molecule has 3 aliphatic heterocycles. The van der Waals surface area contributed by atoms with Crippen LogP contribution >= 0.6 is 0 Å². The van der Waals surface area contributed by atoms with E-state index in [-0.39, 0.29) is 18.4 Å². The molecule has 0 unspecified atom stereocenters. The molecule has 1 fully saturated rings. The molecule has 0 spiro atoms. The lowest BCUT2D eigenvalue weighted by molar-refractivity contribution is 0.252. The van der Waals surface area contributed by atoms with E-state index < -0.39 is 5.82 Å². The summed E-state index contributed by atoms with van der Waals surface area (Å²) in [6.45, 7) is 4.19. The van der Waals surface area contributed by atoms with E-state index in [0.29, 0.717) is 39.7 Å². The number of methoxy groups -OCH3 is 1. The van der Waals surface area contributed by atoms with E-state index in [1.807, 2.05) is 23.6 Å². The van der Waals surface area contributed by atoms with E-state index >= 15 is 4.39 Å². The van der Waals surface area contributed by atoms with Gasteiger partial charge in [-0.1, -0.05) is 12.1 Å². The summed E-state index contributed by atoms with van der Waals surface area (Å²) in [7, 11) is 1.50. The van der Waals surface area contributed by atoms with Gasteiger partial charge in [-0.05, 0) is 49.0 Å². The molecule has 3 aromatic heterocycles. The topological polar surface area (TPSA) is 69.0 Å². The quantitative estimate of drug-likeness (QED) is 0.421. The van der Waals surface area contributed by atoms with Crippen LogP contribution in [0.3, 0.4) is 0 Å². The van der Waals surface area contributed by atoms with E-state index in [9.17, 15) is 4.39 Å². The lowest BCUT2D eigenvalue weighted by Crippen LogP contribution is -2.35. The zero-order valence-electron chi connectivity index (χ0n) is 19.5. The zero-order chi connectivity index (χ0) is 24.1. The molecule has 0 aliphatic carbocycles. The first-order chi connectivity index (χ1) is 17.0. The molecule has 2 bridgehead atoms. The molecule has 178 valence electrons. The molecule has 0 atom stereocenters. The summed E-state index contributed by atoms with van der Waals surface area (Å²) < 4.78 is 36.5. The van der Waals surface area contributed by atoms with Crippen molar-refractivity contribution >= 4 is 16.7 Å². The van der Waals surface area contributed by atoms with Crippen molar-refractivity contribution in [3.63, 3.8) is 0 Å². The Morgan fingerprint density at radius 3 is 2.57 bits per heavy atom. The molecule has 7 nitrogen and oxygen atoms in total. The minimum Gasteiger partial charge on any atom is -0.467 e. The fraction of sp³-hybridized carbons (Fsp3) is 0.308. The normalized spacial score (nSPS) is 15.7. The lowest BCUT2D eigenvalue weighted by atomic mass is 9.82. The predicted octanol–water partition coefficient (Wildman–Crippen LogP) is 4.60. The van der Waals surface area contributed by atoms with Crippen LogP contribution in [0.15, 0.2) is 42.9 Å². The summed E-state index contributed by atoms with van der Waals surface area (Å²) >= 11 is 0. The van der Waals surface area contributed by atoms with Gasteiger partial charge in [0.05, 0.1) is 25.5 Å². The van der Waals surface area contributed by atoms with Gasteiger partial charge in [-0.15, -0.1) is 0 Å². The van der Waals surface area contributed by atoms with Crippen molar-refractivity contribution in [2.24, 2.45) is 5.92 Å². The van der Waals surface area contributed by atoms with Gasteiger partial charge in [-0.2, -0.15) is 9.97 Å². The van der Waals surface area contributed by atoms with E-state index in [2.05, 4.69) is 26.1 Å². The first-order valence-electron chi connectivity index (χ1n) is 11.6. The SMILES string of the molecule is COc1nc(C)c2nc(-c3cncc(F)c3)n(Cc3ccc(C4=CN5CCC4CC5)c(F)c3)c2n1. The second-order valence-electron chi connectivity index (χ2n) is 9.09. The fourth-order valence-corrected chi connectivity index (χ4v) is 5.11. The maximum absolute atomic E-state index is 15.4. The fourth-order valence-electron chi connectivity index (χ4n) is 5.11. The monoisotopic (exact) mass is 474 g/mol. The molecule has 1 saturated heterocycles. The third-order valence-electron chi connectivity index (χ3n) is 6.87. The van der Waals surface area contributed by atoms with Gasteiger partial charge < -0.3 is 14.2 Å². The Morgan fingerprint density at radius 2 is 1.89 bits per heavy atom. The van der Waals surface area contributed by atoms with Crippen LogP contribution in [0.4, 0.5) is 8.78 Å². The maximum atomic E-state index is 15.4. The van der Waals surface area contributed by atoms with Gasteiger partial charge in [0.1, 0.15) is 23.0 Å². The number of aromatic nitrogens is 5. The molecule has 4 aromatic rings. The van der Waals surface area contributed by atoms with Crippen molar-refractivity contribution < 1.29 is 13.5 Å². The van der Waals surface area contributed by atoms with Crippen LogP contribution in [0.25, 0.3) is 28.1 Å². The predicted molar refractivity (Wildman–Crippen MR) is 128 cm³/mol. The summed E-state index contributed by atoms with van der Waals surface area (Å²) in [5, 5.41) is 0. The second-order valence-corrected chi connectivity index (χ2v) is 9.09. The first kappa shape index (κ1) is 21.6. The number of fused-ring (bicyclic) bond motifs is 3. The number of allylic oxidation sites excluding steroid dienone is 1. The molecule has 6 heterocycles. The van der Waals surface area contributed by atoms with Crippen LogP contribution in [-0.2, 0) is 6.54 Å². The van der Waals surface area contributed by atoms with E-state index in [1.54, 1.807) is 12.3 Å². The Balaban J connectivity index is 1.44. The van der Waals surface area contributed by atoms with Crippen molar-refractivity contribution in [3.05, 3.63) is 71.3 Å². The van der Waals surface area contributed by atoms with Crippen LogP contribution in [0.2, 0.25) is 0 Å². The molecular formula is C26H24F2N6O. The molecular weight excluding hydrogens is 450 g/mol. The van der Waals surface area contributed by atoms with Crippen molar-refractivity contribution in [1.29, 1.82) is 0 Å². The molecule has 0 radical (unpaired) electrons. The molecule has 0 amide bonds. The summed E-state index contributed by atoms with van der Waals surface area (Å²) in [6.07, 6.45) is 6.94. The number of hydrogen-bond donors (Lipinski definition) is 0. The van der Waals surface area contributed by atoms with Gasteiger partial charge in [0.2, 0.25) is 0 Å². The van der Waals surface area contributed by atoms with Crippen LogP contribution in [-0.4, -0.2) is 49.6 Å². The number of piperidine rings is 1. The van der Waals surface area contributed by atoms with Crippen molar-refractivity contribution in [3.8, 4) is 17.4 Å². The van der Waals surface area contributed by atoms with E-state index in [0.717, 1.165) is 43.3 Å². The van der Waals surface area contributed by atoms with Gasteiger partial charge >= 0.3 is 6.01 Å². The zero-order valence-corrected chi connectivity index (χ0v) is 19.5. The van der Waals surface area contributed by atoms with Gasteiger partial charge in [0.15, 0.2) is 5.65 Å². The van der Waals surface area contributed by atoms with Gasteiger partial charge in [0, 0.05) is 36.6 Å². The number of rotatable bonds is 5. The minimum absolute atomic E-state index is 0.205. The molecule has 0 N–H and O–H groups in total. The highest BCUT2D eigenvalue weighted by Crippen LogP contribution is 2.38. The van der Waals surface area contributed by atoms with Crippen LogP contribution in [0, 0.1) is 24.5 Å². The van der Waals surface area contributed by atoms with E-state index in [1.165, 1.54) is 13.2 Å². The first-order valence-corrected chi connectivity index (χ1v) is 11.6. The number of hydrogen-bond acceptors (Lipinski definition) is 6. The number of benzene rings is 1. The van der Waals surface area contributed by atoms with Crippen molar-refractivity contribution in [2.45, 2.75) is 26.3 Å². The number of aryl methyl sites for hydroxylation is 1. The Bertz CT molecular complexity index is 1470. The summed E-state index contributed by atoms with van der Waals surface area (Å²) in [5.74, 6) is 0.173. The Labute approximate surface area is 201 Å². The summed E-state index contributed by atoms with van der Waals surface area (Å²) in [6, 6.07) is 6.94. The maximum Gasteiger partial charge on any atom is 0.318 e.